The van der Waals surface area contributed by atoms with Gasteiger partial charge in [-0.2, -0.15) is 0 Å². The third kappa shape index (κ3) is 3.33. The van der Waals surface area contributed by atoms with Crippen LogP contribution < -0.4 is 10.5 Å². The fourth-order valence-corrected chi connectivity index (χ4v) is 3.62. The Morgan fingerprint density at radius 2 is 2.10 bits per heavy atom. The van der Waals surface area contributed by atoms with Crippen LogP contribution in [-0.2, 0) is 14.8 Å². The molecule has 1 heterocycles. The molecule has 1 aliphatic heterocycles. The highest BCUT2D eigenvalue weighted by molar-refractivity contribution is 7.89. The summed E-state index contributed by atoms with van der Waals surface area (Å²) in [4.78, 5) is 12.4. The van der Waals surface area contributed by atoms with Gasteiger partial charge in [0.25, 0.3) is 0 Å². The van der Waals surface area contributed by atoms with E-state index in [4.69, 9.17) is 5.73 Å². The second kappa shape index (κ2) is 5.61. The summed E-state index contributed by atoms with van der Waals surface area (Å²) in [5, 5.41) is 0. The average molecular weight is 315 g/mol. The molecule has 0 saturated carbocycles. The third-order valence-electron chi connectivity index (χ3n) is 3.56. The molecule has 1 saturated heterocycles. The van der Waals surface area contributed by atoms with E-state index in [0.717, 1.165) is 12.1 Å². The summed E-state index contributed by atoms with van der Waals surface area (Å²) >= 11 is 0. The molecule has 1 fully saturated rings. The molecule has 21 heavy (non-hydrogen) atoms. The van der Waals surface area contributed by atoms with E-state index in [1.54, 1.807) is 14.0 Å². The number of nitrogens with two attached hydrogens (primary N) is 1. The number of likely N-dealkylation sites (N-methyl/N-ethyl adjacent to an activating group) is 1. The first-order valence-electron chi connectivity index (χ1n) is 6.52. The number of rotatable bonds is 3. The van der Waals surface area contributed by atoms with Crippen molar-refractivity contribution in [3.8, 4) is 0 Å². The number of amides is 1. The van der Waals surface area contributed by atoms with Gasteiger partial charge in [0.2, 0.25) is 15.9 Å². The predicted molar refractivity (Wildman–Crippen MR) is 76.5 cm³/mol. The molecule has 1 aromatic carbocycles. The minimum Gasteiger partial charge on any atom is -0.398 e. The van der Waals surface area contributed by atoms with Crippen LogP contribution in [-0.4, -0.2) is 38.9 Å². The van der Waals surface area contributed by atoms with Crippen molar-refractivity contribution < 1.29 is 17.6 Å². The van der Waals surface area contributed by atoms with E-state index < -0.39 is 26.8 Å². The highest BCUT2D eigenvalue weighted by Crippen LogP contribution is 2.22. The molecule has 0 aliphatic carbocycles. The molecule has 0 aromatic heterocycles. The minimum absolute atomic E-state index is 0.0313. The number of likely N-dealkylation sites (tertiary alicyclic amines) is 1. The van der Waals surface area contributed by atoms with Gasteiger partial charge < -0.3 is 10.6 Å². The van der Waals surface area contributed by atoms with Crippen LogP contribution in [0.1, 0.15) is 18.4 Å². The van der Waals surface area contributed by atoms with Crippen molar-refractivity contribution in [2.45, 2.75) is 30.7 Å². The number of carbonyl (C=O) groups is 1. The Bertz CT molecular complexity index is 675. The van der Waals surface area contributed by atoms with E-state index in [-0.39, 0.29) is 24.6 Å². The van der Waals surface area contributed by atoms with Gasteiger partial charge in [-0.1, -0.05) is 0 Å². The molecule has 1 aliphatic rings. The molecule has 0 spiro atoms. The van der Waals surface area contributed by atoms with Crippen LogP contribution in [0.2, 0.25) is 0 Å². The van der Waals surface area contributed by atoms with Crippen LogP contribution in [0.4, 0.5) is 10.1 Å². The first kappa shape index (κ1) is 15.7. The molecule has 3 N–H and O–H groups in total. The largest absolute Gasteiger partial charge is 0.398 e. The van der Waals surface area contributed by atoms with Crippen molar-refractivity contribution in [2.75, 3.05) is 19.3 Å². The van der Waals surface area contributed by atoms with Crippen LogP contribution in [0, 0.1) is 12.7 Å². The molecule has 6 nitrogen and oxygen atoms in total. The van der Waals surface area contributed by atoms with E-state index in [1.807, 2.05) is 0 Å². The number of hydrogen-bond acceptors (Lipinski definition) is 4. The van der Waals surface area contributed by atoms with Gasteiger partial charge in [0.15, 0.2) is 0 Å². The van der Waals surface area contributed by atoms with Crippen molar-refractivity contribution in [3.05, 3.63) is 23.5 Å². The zero-order valence-electron chi connectivity index (χ0n) is 11.9. The number of sulfonamides is 1. The molecular formula is C13H18FN3O3S. The van der Waals surface area contributed by atoms with E-state index in [1.165, 1.54) is 4.90 Å². The van der Waals surface area contributed by atoms with Gasteiger partial charge in [-0.25, -0.2) is 17.5 Å². The number of nitrogens with zero attached hydrogens (tertiary/aromatic N) is 1. The van der Waals surface area contributed by atoms with Gasteiger partial charge in [0, 0.05) is 31.7 Å². The summed E-state index contributed by atoms with van der Waals surface area (Å²) in [5.41, 5.74) is 6.34. The fourth-order valence-electron chi connectivity index (χ4n) is 2.27. The van der Waals surface area contributed by atoms with Crippen molar-refractivity contribution in [1.29, 1.82) is 0 Å². The summed E-state index contributed by atoms with van der Waals surface area (Å²) in [5.74, 6) is -0.870. The lowest BCUT2D eigenvalue weighted by atomic mass is 10.1. The van der Waals surface area contributed by atoms with Crippen LogP contribution in [0.15, 0.2) is 17.0 Å². The van der Waals surface area contributed by atoms with Crippen molar-refractivity contribution in [2.24, 2.45) is 0 Å². The normalized spacial score (nSPS) is 19.9. The monoisotopic (exact) mass is 315 g/mol. The van der Waals surface area contributed by atoms with Crippen LogP contribution in [0.5, 0.6) is 0 Å². The second-order valence-electron chi connectivity index (χ2n) is 5.27. The number of nitrogens with one attached hydrogen (secondary N) is 1. The van der Waals surface area contributed by atoms with Crippen molar-refractivity contribution in [1.82, 2.24) is 9.62 Å². The van der Waals surface area contributed by atoms with Gasteiger partial charge in [0.05, 0.1) is 0 Å². The number of carbonyl (C=O) groups excluding carboxylic acids is 1. The highest BCUT2D eigenvalue weighted by Gasteiger charge is 2.29. The van der Waals surface area contributed by atoms with E-state index in [2.05, 4.69) is 4.72 Å². The van der Waals surface area contributed by atoms with Crippen molar-refractivity contribution in [3.63, 3.8) is 0 Å². The molecule has 0 radical (unpaired) electrons. The predicted octanol–water partition coefficient (Wildman–Crippen LogP) is 0.615. The summed E-state index contributed by atoms with van der Waals surface area (Å²) in [6.45, 7) is 1.87. The molecule has 1 aromatic rings. The summed E-state index contributed by atoms with van der Waals surface area (Å²) in [7, 11) is -2.41. The topological polar surface area (TPSA) is 92.5 Å². The van der Waals surface area contributed by atoms with Gasteiger partial charge in [-0.05, 0) is 31.0 Å². The SMILES string of the molecule is Cc1cc(F)c(S(=O)(=O)NC2CCC(=O)N(C)C2)cc1N. The molecule has 1 amide bonds. The van der Waals surface area contributed by atoms with Crippen LogP contribution >= 0.6 is 0 Å². The lowest BCUT2D eigenvalue weighted by molar-refractivity contribution is -0.132. The smallest absolute Gasteiger partial charge is 0.243 e. The first-order valence-corrected chi connectivity index (χ1v) is 8.01. The summed E-state index contributed by atoms with van der Waals surface area (Å²) < 4.78 is 40.8. The Hall–Kier alpha value is -1.67. The number of halogens is 1. The summed E-state index contributed by atoms with van der Waals surface area (Å²) in [6, 6.07) is 1.78. The second-order valence-corrected chi connectivity index (χ2v) is 6.95. The summed E-state index contributed by atoms with van der Waals surface area (Å²) in [6.07, 6.45) is 0.660. The number of piperidine rings is 1. The van der Waals surface area contributed by atoms with Gasteiger partial charge >= 0.3 is 0 Å². The number of aryl methyl sites for hydroxylation is 1. The lowest BCUT2D eigenvalue weighted by Gasteiger charge is -2.30. The average Bonchev–Trinajstić information content (AvgIpc) is 2.37. The number of anilines is 1. The standard InChI is InChI=1S/C13H18FN3O3S/c1-8-5-10(14)12(6-11(8)15)21(19,20)16-9-3-4-13(18)17(2)7-9/h5-6,9,16H,3-4,7,15H2,1-2H3. The Labute approximate surface area is 123 Å². The van der Waals surface area contributed by atoms with Crippen LogP contribution in [0.3, 0.4) is 0 Å². The third-order valence-corrected chi connectivity index (χ3v) is 5.09. The van der Waals surface area contributed by atoms with E-state index in [9.17, 15) is 17.6 Å². The lowest BCUT2D eigenvalue weighted by Crippen LogP contribution is -2.48. The highest BCUT2D eigenvalue weighted by atomic mass is 32.2. The van der Waals surface area contributed by atoms with E-state index in [0.29, 0.717) is 12.0 Å². The number of hydrogen-bond donors (Lipinski definition) is 2. The Kier molecular flexibility index (Phi) is 4.20. The molecule has 2 rings (SSSR count). The molecule has 116 valence electrons. The first-order chi connectivity index (χ1) is 9.70. The molecule has 8 heteroatoms. The maximum atomic E-state index is 13.9. The fraction of sp³-hybridized carbons (Fsp3) is 0.462. The molecular weight excluding hydrogens is 297 g/mol. The quantitative estimate of drug-likeness (QED) is 0.800. The number of nitrogen functional groups attached to an aromatic ring is 1. The molecule has 0 bridgehead atoms. The zero-order chi connectivity index (χ0) is 15.8. The maximum absolute atomic E-state index is 13.9. The van der Waals surface area contributed by atoms with E-state index >= 15 is 0 Å². The molecule has 1 atom stereocenters. The zero-order valence-corrected chi connectivity index (χ0v) is 12.7. The Morgan fingerprint density at radius 3 is 2.71 bits per heavy atom. The minimum atomic E-state index is -4.01. The number of benzene rings is 1. The van der Waals surface area contributed by atoms with Gasteiger partial charge in [-0.15, -0.1) is 0 Å². The van der Waals surface area contributed by atoms with Crippen LogP contribution in [0.25, 0.3) is 0 Å². The maximum Gasteiger partial charge on any atom is 0.243 e. The van der Waals surface area contributed by atoms with Gasteiger partial charge in [-0.3, -0.25) is 4.79 Å². The van der Waals surface area contributed by atoms with Crippen molar-refractivity contribution >= 4 is 21.6 Å². The van der Waals surface area contributed by atoms with Gasteiger partial charge in [0.1, 0.15) is 10.7 Å². The Balaban J connectivity index is 2.23. The molecule has 1 unspecified atom stereocenters. The Morgan fingerprint density at radius 1 is 1.43 bits per heavy atom.